The summed E-state index contributed by atoms with van der Waals surface area (Å²) in [5, 5.41) is 2.44. The van der Waals surface area contributed by atoms with Gasteiger partial charge < -0.3 is 9.47 Å². The average molecular weight is 363 g/mol. The molecule has 2 nitrogen and oxygen atoms in total. The Morgan fingerprint density at radius 2 is 1.60 bits per heavy atom. The molecule has 0 radical (unpaired) electrons. The first-order valence-electron chi connectivity index (χ1n) is 9.61. The Hall–Kier alpha value is -1.41. The molecule has 0 aliphatic carbocycles. The highest BCUT2D eigenvalue weighted by molar-refractivity contribution is 6.17. The zero-order valence-corrected chi connectivity index (χ0v) is 16.4. The molecule has 0 amide bonds. The van der Waals surface area contributed by atoms with E-state index in [1.807, 2.05) is 0 Å². The van der Waals surface area contributed by atoms with Crippen LogP contribution in [-0.2, 0) is 0 Å². The molecule has 0 bridgehead atoms. The smallest absolute Gasteiger partial charge is 0.122 e. The number of halogens is 1. The number of ether oxygens (including phenoxy) is 2. The van der Waals surface area contributed by atoms with Crippen LogP contribution >= 0.6 is 11.6 Å². The molecule has 0 aromatic heterocycles. The van der Waals surface area contributed by atoms with Crippen molar-refractivity contribution in [3.05, 3.63) is 35.9 Å². The quantitative estimate of drug-likeness (QED) is 0.302. The van der Waals surface area contributed by atoms with Crippen molar-refractivity contribution >= 4 is 22.4 Å². The maximum atomic E-state index is 6.02. The molecule has 2 aromatic rings. The lowest BCUT2D eigenvalue weighted by Gasteiger charge is -2.12. The van der Waals surface area contributed by atoms with Gasteiger partial charge in [0.15, 0.2) is 0 Å². The topological polar surface area (TPSA) is 18.5 Å². The van der Waals surface area contributed by atoms with Gasteiger partial charge in [-0.05, 0) is 60.7 Å². The summed E-state index contributed by atoms with van der Waals surface area (Å²) in [5.74, 6) is 2.73. The van der Waals surface area contributed by atoms with E-state index < -0.39 is 0 Å². The summed E-state index contributed by atoms with van der Waals surface area (Å²) in [7, 11) is 0. The van der Waals surface area contributed by atoms with Crippen molar-refractivity contribution in [2.45, 2.75) is 58.8 Å². The molecule has 0 saturated heterocycles. The zero-order valence-electron chi connectivity index (χ0n) is 15.7. The van der Waals surface area contributed by atoms with Crippen LogP contribution in [0.2, 0.25) is 0 Å². The zero-order chi connectivity index (χ0) is 17.9. The molecule has 0 spiro atoms. The summed E-state index contributed by atoms with van der Waals surface area (Å²) < 4.78 is 11.7. The lowest BCUT2D eigenvalue weighted by atomic mass is 10.0. The van der Waals surface area contributed by atoms with Gasteiger partial charge in [-0.25, -0.2) is 0 Å². The van der Waals surface area contributed by atoms with Gasteiger partial charge in [0.05, 0.1) is 13.2 Å². The predicted molar refractivity (Wildman–Crippen MR) is 108 cm³/mol. The summed E-state index contributed by atoms with van der Waals surface area (Å²) in [6.07, 6.45) is 8.31. The van der Waals surface area contributed by atoms with Crippen LogP contribution in [0, 0.1) is 6.92 Å². The predicted octanol–water partition coefficient (Wildman–Crippen LogP) is 6.90. The Morgan fingerprint density at radius 3 is 2.36 bits per heavy atom. The fourth-order valence-corrected chi connectivity index (χ4v) is 3.18. The Kier molecular flexibility index (Phi) is 8.96. The van der Waals surface area contributed by atoms with E-state index in [0.717, 1.165) is 49.9 Å². The third kappa shape index (κ3) is 6.43. The van der Waals surface area contributed by atoms with E-state index in [-0.39, 0.29) is 0 Å². The van der Waals surface area contributed by atoms with Gasteiger partial charge in [-0.3, -0.25) is 0 Å². The maximum Gasteiger partial charge on any atom is 0.122 e. The number of fused-ring (bicyclic) bond motifs is 1. The van der Waals surface area contributed by atoms with Crippen LogP contribution in [-0.4, -0.2) is 19.1 Å². The molecule has 0 fully saturated rings. The highest BCUT2D eigenvalue weighted by Crippen LogP contribution is 2.30. The summed E-state index contributed by atoms with van der Waals surface area (Å²) in [6, 6.07) is 10.5. The molecule has 25 heavy (non-hydrogen) atoms. The summed E-state index contributed by atoms with van der Waals surface area (Å²) >= 11 is 5.69. The first kappa shape index (κ1) is 19.9. The van der Waals surface area contributed by atoms with Gasteiger partial charge in [0, 0.05) is 5.88 Å². The molecule has 0 aliphatic heterocycles. The maximum absolute atomic E-state index is 6.02. The van der Waals surface area contributed by atoms with Gasteiger partial charge in [0.2, 0.25) is 0 Å². The third-order valence-corrected chi connectivity index (χ3v) is 4.74. The number of rotatable bonds is 12. The molecule has 2 rings (SSSR count). The van der Waals surface area contributed by atoms with E-state index in [0.29, 0.717) is 0 Å². The molecule has 0 unspecified atom stereocenters. The Balaban J connectivity index is 1.84. The SMILES string of the molecule is CCCOc1ccc2c(C)c(OCCCCCCCCCl)ccc2c1. The highest BCUT2D eigenvalue weighted by atomic mass is 35.5. The molecule has 2 aromatic carbocycles. The number of aryl methyl sites for hydroxylation is 1. The molecule has 0 heterocycles. The van der Waals surface area contributed by atoms with Crippen LogP contribution < -0.4 is 9.47 Å². The lowest BCUT2D eigenvalue weighted by molar-refractivity contribution is 0.303. The number of benzene rings is 2. The standard InChI is InChI=1S/C22H31ClO2/c1-3-15-24-20-11-12-21-18(2)22(13-10-19(21)17-20)25-16-9-7-5-4-6-8-14-23/h10-13,17H,3-9,14-16H2,1-2H3. The van der Waals surface area contributed by atoms with E-state index in [9.17, 15) is 0 Å². The van der Waals surface area contributed by atoms with Gasteiger partial charge >= 0.3 is 0 Å². The fraction of sp³-hybridized carbons (Fsp3) is 0.545. The van der Waals surface area contributed by atoms with Crippen molar-refractivity contribution in [2.75, 3.05) is 19.1 Å². The summed E-state index contributed by atoms with van der Waals surface area (Å²) in [5.41, 5.74) is 1.21. The van der Waals surface area contributed by atoms with Gasteiger partial charge in [0.1, 0.15) is 11.5 Å². The minimum atomic E-state index is 0.761. The second kappa shape index (κ2) is 11.3. The van der Waals surface area contributed by atoms with E-state index in [2.05, 4.69) is 44.2 Å². The number of hydrogen-bond acceptors (Lipinski definition) is 2. The molecule has 0 atom stereocenters. The van der Waals surface area contributed by atoms with E-state index in [1.165, 1.54) is 42.0 Å². The molecule has 0 N–H and O–H groups in total. The Morgan fingerprint density at radius 1 is 0.840 bits per heavy atom. The monoisotopic (exact) mass is 362 g/mol. The van der Waals surface area contributed by atoms with E-state index in [1.54, 1.807) is 0 Å². The molecule has 0 aliphatic rings. The molecule has 3 heteroatoms. The largest absolute Gasteiger partial charge is 0.494 e. The van der Waals surface area contributed by atoms with E-state index >= 15 is 0 Å². The molecule has 0 saturated carbocycles. The van der Waals surface area contributed by atoms with Crippen LogP contribution in [0.5, 0.6) is 11.5 Å². The Labute approximate surface area is 157 Å². The van der Waals surface area contributed by atoms with Crippen molar-refractivity contribution in [1.82, 2.24) is 0 Å². The second-order valence-corrected chi connectivity index (χ2v) is 6.96. The number of hydrogen-bond donors (Lipinski definition) is 0. The number of unbranched alkanes of at least 4 members (excludes halogenated alkanes) is 5. The second-order valence-electron chi connectivity index (χ2n) is 6.58. The molecule has 138 valence electrons. The molecular weight excluding hydrogens is 332 g/mol. The van der Waals surface area contributed by atoms with E-state index in [4.69, 9.17) is 21.1 Å². The van der Waals surface area contributed by atoms with Gasteiger partial charge in [0.25, 0.3) is 0 Å². The van der Waals surface area contributed by atoms with Crippen molar-refractivity contribution in [3.8, 4) is 11.5 Å². The van der Waals surface area contributed by atoms with Crippen molar-refractivity contribution < 1.29 is 9.47 Å². The first-order valence-corrected chi connectivity index (χ1v) is 10.1. The van der Waals surface area contributed by atoms with Crippen molar-refractivity contribution in [2.24, 2.45) is 0 Å². The minimum Gasteiger partial charge on any atom is -0.494 e. The van der Waals surface area contributed by atoms with Crippen LogP contribution in [0.25, 0.3) is 10.8 Å². The summed E-state index contributed by atoms with van der Waals surface area (Å²) in [6.45, 7) is 5.81. The number of alkyl halides is 1. The minimum absolute atomic E-state index is 0.761. The average Bonchev–Trinajstić information content (AvgIpc) is 2.63. The van der Waals surface area contributed by atoms with Crippen LogP contribution in [0.15, 0.2) is 30.3 Å². The first-order chi connectivity index (χ1) is 12.3. The van der Waals surface area contributed by atoms with Gasteiger partial charge in [-0.15, -0.1) is 11.6 Å². The lowest BCUT2D eigenvalue weighted by Crippen LogP contribution is -1.99. The van der Waals surface area contributed by atoms with Crippen LogP contribution in [0.4, 0.5) is 0 Å². The van der Waals surface area contributed by atoms with Crippen molar-refractivity contribution in [3.63, 3.8) is 0 Å². The van der Waals surface area contributed by atoms with Gasteiger partial charge in [-0.1, -0.05) is 44.7 Å². The van der Waals surface area contributed by atoms with Crippen LogP contribution in [0.1, 0.15) is 57.4 Å². The Bertz CT molecular complexity index is 639. The normalized spacial score (nSPS) is 11.0. The summed E-state index contributed by atoms with van der Waals surface area (Å²) in [4.78, 5) is 0. The molecular formula is C22H31ClO2. The van der Waals surface area contributed by atoms with Crippen LogP contribution in [0.3, 0.4) is 0 Å². The fourth-order valence-electron chi connectivity index (χ4n) is 3.00. The highest BCUT2D eigenvalue weighted by Gasteiger charge is 2.06. The van der Waals surface area contributed by atoms with Crippen molar-refractivity contribution in [1.29, 1.82) is 0 Å². The third-order valence-electron chi connectivity index (χ3n) is 4.47. The van der Waals surface area contributed by atoms with Gasteiger partial charge in [-0.2, -0.15) is 0 Å².